The predicted molar refractivity (Wildman–Crippen MR) is 134 cm³/mol. The van der Waals surface area contributed by atoms with Crippen molar-refractivity contribution in [3.63, 3.8) is 0 Å². The van der Waals surface area contributed by atoms with E-state index in [2.05, 4.69) is 21.5 Å². The molecule has 2 aromatic heterocycles. The standard InChI is InChI=1S/C28H30N6O3/c35-27(17-5-7-23-25(9-17)31-32-30-23)33-10-19-20(11-33)22-13-34(12-21(19)22)28(36)24-8-6-18(16-3-4-16)26(29-24)37-14-15-1-2-15/h5-9,15-16,19-22H,1-4,10-14H2,(H,30,31,32)/t19-,20+,21+,22-. The van der Waals surface area contributed by atoms with Crippen molar-refractivity contribution in [3.05, 3.63) is 47.2 Å². The average Bonchev–Trinajstić information content (AvgIpc) is 3.82. The van der Waals surface area contributed by atoms with Crippen LogP contribution in [0.3, 0.4) is 0 Å². The number of likely N-dealkylation sites (tertiary alicyclic amines) is 2. The first-order valence-corrected chi connectivity index (χ1v) is 13.6. The lowest BCUT2D eigenvalue weighted by molar-refractivity contribution is 0.0629. The second-order valence-corrected chi connectivity index (χ2v) is 11.7. The Kier molecular flexibility index (Phi) is 4.67. The van der Waals surface area contributed by atoms with Gasteiger partial charge in [0.1, 0.15) is 16.7 Å². The maximum absolute atomic E-state index is 13.5. The van der Waals surface area contributed by atoms with Crippen LogP contribution in [0.4, 0.5) is 0 Å². The van der Waals surface area contributed by atoms with Crippen LogP contribution in [0.25, 0.3) is 11.0 Å². The molecular weight excluding hydrogens is 468 g/mol. The van der Waals surface area contributed by atoms with Crippen LogP contribution >= 0.6 is 0 Å². The Hall–Kier alpha value is -3.49. The van der Waals surface area contributed by atoms with Crippen molar-refractivity contribution in [3.8, 4) is 5.88 Å². The Labute approximate surface area is 214 Å². The average molecular weight is 499 g/mol. The molecule has 4 atom stereocenters. The summed E-state index contributed by atoms with van der Waals surface area (Å²) >= 11 is 0. The van der Waals surface area contributed by atoms with Gasteiger partial charge in [-0.3, -0.25) is 9.59 Å². The van der Waals surface area contributed by atoms with Crippen LogP contribution < -0.4 is 4.74 Å². The number of aromatic nitrogens is 4. The van der Waals surface area contributed by atoms with E-state index in [1.54, 1.807) is 0 Å². The number of benzene rings is 1. The van der Waals surface area contributed by atoms with E-state index in [1.165, 1.54) is 31.2 Å². The van der Waals surface area contributed by atoms with E-state index < -0.39 is 0 Å². The quantitative estimate of drug-likeness (QED) is 0.560. The molecule has 0 unspecified atom stereocenters. The molecule has 9 heteroatoms. The summed E-state index contributed by atoms with van der Waals surface area (Å²) in [4.78, 5) is 35.4. The second-order valence-electron chi connectivity index (χ2n) is 11.7. The van der Waals surface area contributed by atoms with Gasteiger partial charge in [-0.1, -0.05) is 6.07 Å². The van der Waals surface area contributed by atoms with E-state index in [0.29, 0.717) is 64.8 Å². The van der Waals surface area contributed by atoms with Gasteiger partial charge < -0.3 is 14.5 Å². The maximum atomic E-state index is 13.5. The van der Waals surface area contributed by atoms with Gasteiger partial charge in [-0.05, 0) is 85.5 Å². The number of hydrogen-bond acceptors (Lipinski definition) is 6. The third kappa shape index (κ3) is 3.61. The molecule has 3 aliphatic carbocycles. The Morgan fingerprint density at radius 2 is 1.51 bits per heavy atom. The fourth-order valence-electron chi connectivity index (χ4n) is 6.90. The molecule has 0 spiro atoms. The third-order valence-corrected chi connectivity index (χ3v) is 9.34. The molecular formula is C28H30N6O3. The van der Waals surface area contributed by atoms with E-state index in [-0.39, 0.29) is 11.8 Å². The van der Waals surface area contributed by atoms with E-state index in [9.17, 15) is 9.59 Å². The van der Waals surface area contributed by atoms with E-state index in [4.69, 9.17) is 9.72 Å². The van der Waals surface area contributed by atoms with Crippen LogP contribution in [0.2, 0.25) is 0 Å². The molecule has 4 heterocycles. The van der Waals surface area contributed by atoms with Crippen LogP contribution in [0.15, 0.2) is 30.3 Å². The Bertz CT molecular complexity index is 1390. The summed E-state index contributed by atoms with van der Waals surface area (Å²) in [5, 5.41) is 10.8. The zero-order valence-electron chi connectivity index (χ0n) is 20.7. The lowest BCUT2D eigenvalue weighted by Gasteiger charge is -2.42. The van der Waals surface area contributed by atoms with Gasteiger partial charge in [-0.25, -0.2) is 4.98 Å². The molecule has 0 bridgehead atoms. The Morgan fingerprint density at radius 1 is 0.838 bits per heavy atom. The predicted octanol–water partition coefficient (Wildman–Crippen LogP) is 3.11. The Morgan fingerprint density at radius 3 is 2.19 bits per heavy atom. The number of amides is 2. The third-order valence-electron chi connectivity index (χ3n) is 9.34. The van der Waals surface area contributed by atoms with Crippen LogP contribution in [-0.4, -0.2) is 74.8 Å². The molecule has 2 aliphatic heterocycles. The van der Waals surface area contributed by atoms with Crippen LogP contribution in [-0.2, 0) is 0 Å². The number of carbonyl (C=O) groups is 2. The first-order valence-electron chi connectivity index (χ1n) is 13.6. The molecule has 3 aromatic rings. The van der Waals surface area contributed by atoms with Crippen molar-refractivity contribution in [1.82, 2.24) is 30.2 Å². The molecule has 2 saturated heterocycles. The highest BCUT2D eigenvalue weighted by Crippen LogP contribution is 2.54. The van der Waals surface area contributed by atoms with Gasteiger partial charge in [-0.15, -0.1) is 0 Å². The molecule has 5 aliphatic rings. The zero-order chi connectivity index (χ0) is 24.7. The highest BCUT2D eigenvalue weighted by Gasteiger charge is 2.59. The van der Waals surface area contributed by atoms with Gasteiger partial charge in [0.15, 0.2) is 0 Å². The van der Waals surface area contributed by atoms with Gasteiger partial charge in [0.2, 0.25) is 5.88 Å². The van der Waals surface area contributed by atoms with Gasteiger partial charge in [-0.2, -0.15) is 15.4 Å². The van der Waals surface area contributed by atoms with Crippen LogP contribution in [0.5, 0.6) is 5.88 Å². The molecule has 1 N–H and O–H groups in total. The summed E-state index contributed by atoms with van der Waals surface area (Å²) in [6.45, 7) is 3.74. The summed E-state index contributed by atoms with van der Waals surface area (Å²) in [7, 11) is 0. The zero-order valence-corrected chi connectivity index (χ0v) is 20.7. The Balaban J connectivity index is 0.938. The van der Waals surface area contributed by atoms with Crippen LogP contribution in [0.1, 0.15) is 58.0 Å². The molecule has 1 aromatic carbocycles. The monoisotopic (exact) mass is 498 g/mol. The fraction of sp³-hybridized carbons (Fsp3) is 0.536. The number of H-pyrrole nitrogens is 1. The number of nitrogens with one attached hydrogen (secondary N) is 1. The summed E-state index contributed by atoms with van der Waals surface area (Å²) in [6, 6.07) is 9.45. The number of fused-ring (bicyclic) bond motifs is 5. The molecule has 190 valence electrons. The number of ether oxygens (including phenoxy) is 1. The molecule has 9 nitrogen and oxygen atoms in total. The number of carbonyl (C=O) groups excluding carboxylic acids is 2. The summed E-state index contributed by atoms with van der Waals surface area (Å²) in [5.74, 6) is 3.79. The number of hydrogen-bond donors (Lipinski definition) is 1. The van der Waals surface area contributed by atoms with Crippen molar-refractivity contribution in [2.75, 3.05) is 32.8 Å². The number of aromatic amines is 1. The minimum atomic E-state index is 0.0138. The van der Waals surface area contributed by atoms with Crippen molar-refractivity contribution < 1.29 is 14.3 Å². The van der Waals surface area contributed by atoms with Gasteiger partial charge in [0.05, 0.1) is 6.61 Å². The molecule has 2 amide bonds. The minimum absolute atomic E-state index is 0.0138. The largest absolute Gasteiger partial charge is 0.477 e. The number of rotatable bonds is 6. The van der Waals surface area contributed by atoms with Crippen molar-refractivity contribution >= 4 is 22.8 Å². The van der Waals surface area contributed by atoms with Gasteiger partial charge >= 0.3 is 0 Å². The van der Waals surface area contributed by atoms with Crippen molar-refractivity contribution in [2.45, 2.75) is 31.6 Å². The first-order chi connectivity index (χ1) is 18.1. The summed E-state index contributed by atoms with van der Waals surface area (Å²) < 4.78 is 6.09. The highest BCUT2D eigenvalue weighted by molar-refractivity contribution is 5.97. The fourth-order valence-corrected chi connectivity index (χ4v) is 6.90. The van der Waals surface area contributed by atoms with E-state index in [0.717, 1.165) is 31.7 Å². The van der Waals surface area contributed by atoms with E-state index >= 15 is 0 Å². The lowest BCUT2D eigenvalue weighted by atomic mass is 9.60. The van der Waals surface area contributed by atoms with Gasteiger partial charge in [0.25, 0.3) is 11.8 Å². The molecule has 37 heavy (non-hydrogen) atoms. The molecule has 8 rings (SSSR count). The minimum Gasteiger partial charge on any atom is -0.477 e. The summed E-state index contributed by atoms with van der Waals surface area (Å²) in [6.07, 6.45) is 4.83. The van der Waals surface area contributed by atoms with Crippen LogP contribution in [0, 0.1) is 29.6 Å². The van der Waals surface area contributed by atoms with Crippen molar-refractivity contribution in [1.29, 1.82) is 0 Å². The lowest BCUT2D eigenvalue weighted by Crippen LogP contribution is -2.44. The topological polar surface area (TPSA) is 104 Å². The molecule has 0 radical (unpaired) electrons. The molecule has 3 saturated carbocycles. The second kappa shape index (κ2) is 8.00. The number of nitrogens with zero attached hydrogens (tertiary/aromatic N) is 5. The highest BCUT2D eigenvalue weighted by atomic mass is 16.5. The van der Waals surface area contributed by atoms with Crippen molar-refractivity contribution in [2.24, 2.45) is 29.6 Å². The SMILES string of the molecule is O=C(c1ccc2n[nH]nc2c1)N1C[C@@H]2[C@H](C1)[C@H]1CN(C(=O)c3ccc(C4CC4)c(OCC4CC4)n3)C[C@@H]21. The maximum Gasteiger partial charge on any atom is 0.272 e. The van der Waals surface area contributed by atoms with E-state index in [1.807, 2.05) is 34.1 Å². The normalized spacial score (nSPS) is 28.2. The number of pyridine rings is 1. The molecule has 5 fully saturated rings. The summed E-state index contributed by atoms with van der Waals surface area (Å²) in [5.41, 5.74) is 3.79. The van der Waals surface area contributed by atoms with Gasteiger partial charge in [0, 0.05) is 37.3 Å². The first kappa shape index (κ1) is 21.6. The smallest absolute Gasteiger partial charge is 0.272 e.